The molecular weight excluding hydrogens is 177 g/mol. The predicted molar refractivity (Wildman–Crippen MR) is 56.8 cm³/mol. The number of rotatable bonds is 2. The maximum atomic E-state index is 12.9. The van der Waals surface area contributed by atoms with Crippen molar-refractivity contribution in [2.45, 2.75) is 32.2 Å². The average Bonchev–Trinajstić information content (AvgIpc) is 2.52. The highest BCUT2D eigenvalue weighted by Gasteiger charge is 2.22. The normalized spacial score (nSPS) is 26.4. The molecular formula is C12H16FN. The topological polar surface area (TPSA) is 12.0 Å². The predicted octanol–water partition coefficient (Wildman–Crippen LogP) is 3.43. The summed E-state index contributed by atoms with van der Waals surface area (Å²) in [6, 6.07) is 7.23. The van der Waals surface area contributed by atoms with Crippen molar-refractivity contribution in [1.82, 2.24) is 0 Å². The van der Waals surface area contributed by atoms with Crippen LogP contribution in [0.2, 0.25) is 0 Å². The molecule has 2 heteroatoms. The zero-order valence-electron chi connectivity index (χ0n) is 8.46. The Balaban J connectivity index is 2.03. The van der Waals surface area contributed by atoms with Gasteiger partial charge in [0.2, 0.25) is 0 Å². The van der Waals surface area contributed by atoms with E-state index in [-0.39, 0.29) is 5.82 Å². The van der Waals surface area contributed by atoms with E-state index < -0.39 is 0 Å². The second kappa shape index (κ2) is 3.99. The molecule has 2 rings (SSSR count). The monoisotopic (exact) mass is 193 g/mol. The van der Waals surface area contributed by atoms with Gasteiger partial charge in [-0.05, 0) is 37.0 Å². The summed E-state index contributed by atoms with van der Waals surface area (Å²) in [7, 11) is 0. The largest absolute Gasteiger partial charge is 0.382 e. The quantitative estimate of drug-likeness (QED) is 0.758. The van der Waals surface area contributed by atoms with E-state index in [9.17, 15) is 4.39 Å². The number of anilines is 1. The van der Waals surface area contributed by atoms with Gasteiger partial charge in [-0.1, -0.05) is 19.4 Å². The molecule has 0 radical (unpaired) electrons. The van der Waals surface area contributed by atoms with Gasteiger partial charge in [0.1, 0.15) is 5.82 Å². The van der Waals surface area contributed by atoms with Crippen LogP contribution in [0, 0.1) is 11.7 Å². The Hall–Kier alpha value is -1.05. The zero-order valence-corrected chi connectivity index (χ0v) is 8.46. The molecule has 1 fully saturated rings. The first-order valence-electron chi connectivity index (χ1n) is 5.28. The first-order chi connectivity index (χ1) is 6.75. The van der Waals surface area contributed by atoms with Gasteiger partial charge in [0.25, 0.3) is 0 Å². The van der Waals surface area contributed by atoms with Gasteiger partial charge in [0, 0.05) is 11.7 Å². The van der Waals surface area contributed by atoms with Gasteiger partial charge in [-0.2, -0.15) is 0 Å². The highest BCUT2D eigenvalue weighted by atomic mass is 19.1. The fourth-order valence-electron chi connectivity index (χ4n) is 2.15. The molecule has 2 unspecified atom stereocenters. The first kappa shape index (κ1) is 9.50. The average molecular weight is 193 g/mol. The SMILES string of the molecule is CC1CCCC1Nc1cccc(F)c1. The molecule has 1 aliphatic carbocycles. The van der Waals surface area contributed by atoms with Crippen LogP contribution in [0.25, 0.3) is 0 Å². The maximum absolute atomic E-state index is 12.9. The molecule has 1 saturated carbocycles. The Morgan fingerprint density at radius 1 is 1.36 bits per heavy atom. The summed E-state index contributed by atoms with van der Waals surface area (Å²) in [5, 5.41) is 3.39. The van der Waals surface area contributed by atoms with Crippen LogP contribution < -0.4 is 5.32 Å². The van der Waals surface area contributed by atoms with Gasteiger partial charge in [-0.25, -0.2) is 4.39 Å². The minimum Gasteiger partial charge on any atom is -0.382 e. The summed E-state index contributed by atoms with van der Waals surface area (Å²) in [6.07, 6.45) is 3.78. The van der Waals surface area contributed by atoms with Crippen LogP contribution in [-0.2, 0) is 0 Å². The van der Waals surface area contributed by atoms with E-state index in [1.54, 1.807) is 12.1 Å². The fourth-order valence-corrected chi connectivity index (χ4v) is 2.15. The second-order valence-corrected chi connectivity index (χ2v) is 4.17. The lowest BCUT2D eigenvalue weighted by molar-refractivity contribution is 0.555. The van der Waals surface area contributed by atoms with Crippen molar-refractivity contribution in [3.05, 3.63) is 30.1 Å². The molecule has 76 valence electrons. The lowest BCUT2D eigenvalue weighted by Crippen LogP contribution is -2.21. The minimum atomic E-state index is -0.166. The van der Waals surface area contributed by atoms with Crippen molar-refractivity contribution in [3.8, 4) is 0 Å². The number of halogens is 1. The minimum absolute atomic E-state index is 0.166. The summed E-state index contributed by atoms with van der Waals surface area (Å²) in [6.45, 7) is 2.25. The Morgan fingerprint density at radius 2 is 2.21 bits per heavy atom. The zero-order chi connectivity index (χ0) is 9.97. The van der Waals surface area contributed by atoms with Crippen LogP contribution >= 0.6 is 0 Å². The lowest BCUT2D eigenvalue weighted by atomic mass is 10.1. The van der Waals surface area contributed by atoms with Gasteiger partial charge in [0.15, 0.2) is 0 Å². The first-order valence-corrected chi connectivity index (χ1v) is 5.28. The van der Waals surface area contributed by atoms with E-state index in [0.717, 1.165) is 5.69 Å². The molecule has 0 heterocycles. The lowest BCUT2D eigenvalue weighted by Gasteiger charge is -2.18. The molecule has 1 nitrogen and oxygen atoms in total. The fraction of sp³-hybridized carbons (Fsp3) is 0.500. The Bertz CT molecular complexity index is 311. The van der Waals surface area contributed by atoms with Gasteiger partial charge in [0.05, 0.1) is 0 Å². The van der Waals surface area contributed by atoms with Crippen molar-refractivity contribution in [2.75, 3.05) is 5.32 Å². The van der Waals surface area contributed by atoms with Crippen LogP contribution in [0.1, 0.15) is 26.2 Å². The van der Waals surface area contributed by atoms with Crippen molar-refractivity contribution in [1.29, 1.82) is 0 Å². The van der Waals surface area contributed by atoms with Gasteiger partial charge in [-0.3, -0.25) is 0 Å². The van der Waals surface area contributed by atoms with E-state index in [0.29, 0.717) is 12.0 Å². The molecule has 0 aromatic heterocycles. The van der Waals surface area contributed by atoms with E-state index >= 15 is 0 Å². The molecule has 1 aromatic carbocycles. The number of hydrogen-bond acceptors (Lipinski definition) is 1. The van der Waals surface area contributed by atoms with Gasteiger partial charge in [-0.15, -0.1) is 0 Å². The van der Waals surface area contributed by atoms with Crippen LogP contribution in [0.5, 0.6) is 0 Å². The van der Waals surface area contributed by atoms with Gasteiger partial charge >= 0.3 is 0 Å². The third kappa shape index (κ3) is 2.06. The van der Waals surface area contributed by atoms with Crippen LogP contribution in [-0.4, -0.2) is 6.04 Å². The Morgan fingerprint density at radius 3 is 2.86 bits per heavy atom. The third-order valence-corrected chi connectivity index (χ3v) is 3.04. The van der Waals surface area contributed by atoms with Crippen molar-refractivity contribution in [3.63, 3.8) is 0 Å². The molecule has 2 atom stereocenters. The van der Waals surface area contributed by atoms with E-state index in [1.807, 2.05) is 6.07 Å². The van der Waals surface area contributed by atoms with Crippen LogP contribution in [0.4, 0.5) is 10.1 Å². The summed E-state index contributed by atoms with van der Waals surface area (Å²) in [4.78, 5) is 0. The summed E-state index contributed by atoms with van der Waals surface area (Å²) in [5.41, 5.74) is 0.906. The molecule has 14 heavy (non-hydrogen) atoms. The molecule has 0 spiro atoms. The maximum Gasteiger partial charge on any atom is 0.125 e. The van der Waals surface area contributed by atoms with E-state index in [2.05, 4.69) is 12.2 Å². The van der Waals surface area contributed by atoms with Crippen molar-refractivity contribution in [2.24, 2.45) is 5.92 Å². The molecule has 0 saturated heterocycles. The van der Waals surface area contributed by atoms with Gasteiger partial charge < -0.3 is 5.32 Å². The van der Waals surface area contributed by atoms with E-state index in [1.165, 1.54) is 25.3 Å². The third-order valence-electron chi connectivity index (χ3n) is 3.04. The molecule has 0 amide bonds. The summed E-state index contributed by atoms with van der Waals surface area (Å²) in [5.74, 6) is 0.541. The molecule has 1 aliphatic rings. The highest BCUT2D eigenvalue weighted by molar-refractivity contribution is 5.44. The van der Waals surface area contributed by atoms with E-state index in [4.69, 9.17) is 0 Å². The Kier molecular flexibility index (Phi) is 2.71. The highest BCUT2D eigenvalue weighted by Crippen LogP contribution is 2.27. The smallest absolute Gasteiger partial charge is 0.125 e. The molecule has 0 aliphatic heterocycles. The van der Waals surface area contributed by atoms with Crippen LogP contribution in [0.3, 0.4) is 0 Å². The number of hydrogen-bond donors (Lipinski definition) is 1. The molecule has 1 aromatic rings. The van der Waals surface area contributed by atoms with Crippen molar-refractivity contribution < 1.29 is 4.39 Å². The standard InChI is InChI=1S/C12H16FN/c1-9-4-2-7-12(9)14-11-6-3-5-10(13)8-11/h3,5-6,8-9,12,14H,2,4,7H2,1H3. The number of benzene rings is 1. The molecule has 0 bridgehead atoms. The van der Waals surface area contributed by atoms with Crippen LogP contribution in [0.15, 0.2) is 24.3 Å². The second-order valence-electron chi connectivity index (χ2n) is 4.17. The Labute approximate surface area is 84.3 Å². The number of nitrogens with one attached hydrogen (secondary N) is 1. The summed E-state index contributed by atoms with van der Waals surface area (Å²) < 4.78 is 12.9. The molecule has 1 N–H and O–H groups in total. The van der Waals surface area contributed by atoms with Crippen molar-refractivity contribution >= 4 is 5.69 Å². The summed E-state index contributed by atoms with van der Waals surface area (Å²) >= 11 is 0.